The lowest BCUT2D eigenvalue weighted by Gasteiger charge is -2.17. The first kappa shape index (κ1) is 19.8. The van der Waals surface area contributed by atoms with Crippen LogP contribution >= 0.6 is 11.6 Å². The zero-order valence-electron chi connectivity index (χ0n) is 15.4. The summed E-state index contributed by atoms with van der Waals surface area (Å²) in [6.45, 7) is 1.64. The van der Waals surface area contributed by atoms with Crippen LogP contribution < -0.4 is 10.8 Å². The summed E-state index contributed by atoms with van der Waals surface area (Å²) in [6, 6.07) is 13.8. The molecule has 2 unspecified atom stereocenters. The number of nitrogens with zero attached hydrogens (tertiary/aromatic N) is 1. The zero-order chi connectivity index (χ0) is 20.1. The lowest BCUT2D eigenvalue weighted by atomic mass is 10.0. The van der Waals surface area contributed by atoms with Crippen LogP contribution in [0.2, 0.25) is 5.02 Å². The van der Waals surface area contributed by atoms with Crippen molar-refractivity contribution in [2.75, 3.05) is 7.05 Å². The van der Waals surface area contributed by atoms with E-state index in [0.717, 1.165) is 22.4 Å². The molecule has 0 fully saturated rings. The second kappa shape index (κ2) is 8.81. The molecular formula is C21H20ClN3O3. The van der Waals surface area contributed by atoms with E-state index in [0.29, 0.717) is 10.1 Å². The number of hydrogen-bond acceptors (Lipinski definition) is 4. The van der Waals surface area contributed by atoms with Crippen LogP contribution in [0.25, 0.3) is 5.70 Å². The van der Waals surface area contributed by atoms with Gasteiger partial charge in [-0.05, 0) is 42.8 Å². The summed E-state index contributed by atoms with van der Waals surface area (Å²) in [4.78, 5) is 17.1. The summed E-state index contributed by atoms with van der Waals surface area (Å²) in [7, 11) is 1.44. The standard InChI is InChI=1S/C21H20ClN3O3/c1-14(25(27)21(26)23-2)6-7-15-4-3-5-17(12-15)19-13-20(28-24-19)16-8-10-18(22)11-9-16/h3-5,8-14,20,24,27H,1-2H3,(H,23,26). The van der Waals surface area contributed by atoms with E-state index in [-0.39, 0.29) is 6.10 Å². The highest BCUT2D eigenvalue weighted by molar-refractivity contribution is 6.30. The molecule has 3 N–H and O–H groups in total. The number of urea groups is 1. The van der Waals surface area contributed by atoms with E-state index in [2.05, 4.69) is 22.6 Å². The first-order chi connectivity index (χ1) is 13.5. The summed E-state index contributed by atoms with van der Waals surface area (Å²) in [5.74, 6) is 5.83. The smallest absolute Gasteiger partial charge is 0.339 e. The summed E-state index contributed by atoms with van der Waals surface area (Å²) < 4.78 is 0. The molecule has 28 heavy (non-hydrogen) atoms. The largest absolute Gasteiger partial charge is 0.342 e. The van der Waals surface area contributed by atoms with Gasteiger partial charge in [0.2, 0.25) is 0 Å². The Labute approximate surface area is 168 Å². The van der Waals surface area contributed by atoms with Gasteiger partial charge >= 0.3 is 6.03 Å². The topological polar surface area (TPSA) is 73.8 Å². The molecule has 1 heterocycles. The number of hydrogen-bond donors (Lipinski definition) is 3. The first-order valence-corrected chi connectivity index (χ1v) is 9.06. The van der Waals surface area contributed by atoms with Crippen molar-refractivity contribution in [3.05, 3.63) is 76.3 Å². The van der Waals surface area contributed by atoms with Gasteiger partial charge in [0.1, 0.15) is 12.1 Å². The molecule has 1 aliphatic heterocycles. The molecule has 0 aromatic heterocycles. The Morgan fingerprint density at radius 3 is 2.79 bits per heavy atom. The first-order valence-electron chi connectivity index (χ1n) is 8.68. The molecule has 2 aromatic carbocycles. The fourth-order valence-electron chi connectivity index (χ4n) is 2.62. The number of benzene rings is 2. The number of halogens is 1. The van der Waals surface area contributed by atoms with Crippen molar-refractivity contribution in [2.45, 2.75) is 19.1 Å². The maximum absolute atomic E-state index is 11.4. The maximum Gasteiger partial charge on any atom is 0.342 e. The van der Waals surface area contributed by atoms with E-state index in [4.69, 9.17) is 16.4 Å². The van der Waals surface area contributed by atoms with Crippen LogP contribution in [0.5, 0.6) is 0 Å². The van der Waals surface area contributed by atoms with E-state index in [9.17, 15) is 10.0 Å². The number of amides is 2. The second-order valence-electron chi connectivity index (χ2n) is 6.20. The third-order valence-corrected chi connectivity index (χ3v) is 4.45. The van der Waals surface area contributed by atoms with Gasteiger partial charge in [-0.15, -0.1) is 0 Å². The van der Waals surface area contributed by atoms with Gasteiger partial charge in [0, 0.05) is 23.2 Å². The molecule has 3 rings (SSSR count). The number of nitrogens with one attached hydrogen (secondary N) is 2. The van der Waals surface area contributed by atoms with Crippen molar-refractivity contribution in [3.8, 4) is 11.8 Å². The molecule has 7 heteroatoms. The van der Waals surface area contributed by atoms with Crippen LogP contribution in [0.4, 0.5) is 4.79 Å². The molecule has 0 saturated carbocycles. The summed E-state index contributed by atoms with van der Waals surface area (Å²) in [6.07, 6.45) is 1.77. The van der Waals surface area contributed by atoms with Crippen LogP contribution in [-0.4, -0.2) is 29.4 Å². The average Bonchev–Trinajstić information content (AvgIpc) is 3.22. The van der Waals surface area contributed by atoms with Gasteiger partial charge in [-0.2, -0.15) is 5.06 Å². The molecule has 2 aromatic rings. The molecule has 1 aliphatic rings. The summed E-state index contributed by atoms with van der Waals surface area (Å²) in [5, 5.41) is 13.3. The van der Waals surface area contributed by atoms with Crippen molar-refractivity contribution in [1.82, 2.24) is 15.9 Å². The molecular weight excluding hydrogens is 378 g/mol. The van der Waals surface area contributed by atoms with Crippen molar-refractivity contribution >= 4 is 23.3 Å². The Kier molecular flexibility index (Phi) is 6.22. The quantitative estimate of drug-likeness (QED) is 0.419. The molecule has 2 amide bonds. The molecule has 0 saturated heterocycles. The minimum absolute atomic E-state index is 0.211. The minimum atomic E-state index is -0.648. The third-order valence-electron chi connectivity index (χ3n) is 4.20. The Morgan fingerprint density at radius 2 is 2.07 bits per heavy atom. The number of carbonyl (C=O) groups excluding carboxylic acids is 1. The van der Waals surface area contributed by atoms with Crippen molar-refractivity contribution in [1.29, 1.82) is 0 Å². The van der Waals surface area contributed by atoms with E-state index in [1.807, 2.05) is 54.6 Å². The van der Waals surface area contributed by atoms with Crippen LogP contribution in [-0.2, 0) is 4.84 Å². The second-order valence-corrected chi connectivity index (χ2v) is 6.63. The van der Waals surface area contributed by atoms with E-state index >= 15 is 0 Å². The van der Waals surface area contributed by atoms with Crippen molar-refractivity contribution < 1.29 is 14.8 Å². The normalized spacial score (nSPS) is 16.3. The SMILES string of the molecule is CNC(=O)N(O)C(C)C#Cc1cccc(C2=CC(c3ccc(Cl)cc3)ON2)c1. The highest BCUT2D eigenvalue weighted by atomic mass is 35.5. The Hall–Kier alpha value is -2.98. The lowest BCUT2D eigenvalue weighted by molar-refractivity contribution is -0.0566. The molecule has 2 atom stereocenters. The van der Waals surface area contributed by atoms with E-state index in [1.165, 1.54) is 7.05 Å². The van der Waals surface area contributed by atoms with Crippen LogP contribution in [0, 0.1) is 11.8 Å². The van der Waals surface area contributed by atoms with Gasteiger partial charge in [0.05, 0.1) is 5.70 Å². The highest BCUT2D eigenvalue weighted by Crippen LogP contribution is 2.29. The fraction of sp³-hybridized carbons (Fsp3) is 0.190. The molecule has 0 bridgehead atoms. The van der Waals surface area contributed by atoms with Crippen LogP contribution in [0.1, 0.15) is 29.7 Å². The molecule has 6 nitrogen and oxygen atoms in total. The van der Waals surface area contributed by atoms with Crippen LogP contribution in [0.3, 0.4) is 0 Å². The predicted octanol–water partition coefficient (Wildman–Crippen LogP) is 3.73. The lowest BCUT2D eigenvalue weighted by Crippen LogP contribution is -2.40. The maximum atomic E-state index is 11.4. The Bertz CT molecular complexity index is 947. The number of rotatable bonds is 3. The van der Waals surface area contributed by atoms with Gasteiger partial charge < -0.3 is 5.32 Å². The van der Waals surface area contributed by atoms with E-state index in [1.54, 1.807) is 6.92 Å². The average molecular weight is 398 g/mol. The molecule has 0 radical (unpaired) electrons. The Balaban J connectivity index is 1.75. The third kappa shape index (κ3) is 4.65. The molecule has 0 spiro atoms. The fourth-order valence-corrected chi connectivity index (χ4v) is 2.75. The zero-order valence-corrected chi connectivity index (χ0v) is 16.2. The van der Waals surface area contributed by atoms with Crippen molar-refractivity contribution in [2.24, 2.45) is 0 Å². The molecule has 0 aliphatic carbocycles. The summed E-state index contributed by atoms with van der Waals surface area (Å²) >= 11 is 5.93. The minimum Gasteiger partial charge on any atom is -0.339 e. The van der Waals surface area contributed by atoms with E-state index < -0.39 is 12.1 Å². The number of hydroxylamine groups is 3. The van der Waals surface area contributed by atoms with Gasteiger partial charge in [0.15, 0.2) is 0 Å². The predicted molar refractivity (Wildman–Crippen MR) is 107 cm³/mol. The highest BCUT2D eigenvalue weighted by Gasteiger charge is 2.19. The number of carbonyl (C=O) groups is 1. The van der Waals surface area contributed by atoms with Gasteiger partial charge in [-0.3, -0.25) is 15.5 Å². The van der Waals surface area contributed by atoms with Gasteiger partial charge in [0.25, 0.3) is 0 Å². The Morgan fingerprint density at radius 1 is 1.32 bits per heavy atom. The summed E-state index contributed by atoms with van der Waals surface area (Å²) in [5.41, 5.74) is 6.46. The molecule has 144 valence electrons. The van der Waals surface area contributed by atoms with Crippen molar-refractivity contribution in [3.63, 3.8) is 0 Å². The van der Waals surface area contributed by atoms with Crippen LogP contribution in [0.15, 0.2) is 54.6 Å². The van der Waals surface area contributed by atoms with Gasteiger partial charge in [-0.25, -0.2) is 4.79 Å². The van der Waals surface area contributed by atoms with Gasteiger partial charge in [-0.1, -0.05) is 47.7 Å². The monoisotopic (exact) mass is 397 g/mol.